The first kappa shape index (κ1) is 24.3. The minimum absolute atomic E-state index is 0.0518. The third-order valence-corrected chi connectivity index (χ3v) is 6.53. The number of nitrogens with zero attached hydrogens (tertiary/aromatic N) is 3. The highest BCUT2D eigenvalue weighted by Gasteiger charge is 2.34. The van der Waals surface area contributed by atoms with E-state index in [1.54, 1.807) is 64.3 Å². The summed E-state index contributed by atoms with van der Waals surface area (Å²) >= 11 is 0. The second-order valence-corrected chi connectivity index (χ2v) is 8.72. The van der Waals surface area contributed by atoms with Crippen molar-refractivity contribution in [1.29, 1.82) is 0 Å². The summed E-state index contributed by atoms with van der Waals surface area (Å²) in [4.78, 5) is 44.1. The summed E-state index contributed by atoms with van der Waals surface area (Å²) in [5.41, 5.74) is 3.10. The number of ether oxygens (including phenoxy) is 3. The van der Waals surface area contributed by atoms with Gasteiger partial charge in [0, 0.05) is 17.9 Å². The maximum atomic E-state index is 13.6. The van der Waals surface area contributed by atoms with E-state index in [0.29, 0.717) is 41.6 Å². The van der Waals surface area contributed by atoms with Gasteiger partial charge in [0.1, 0.15) is 24.8 Å². The van der Waals surface area contributed by atoms with E-state index >= 15 is 0 Å². The van der Waals surface area contributed by atoms with Gasteiger partial charge in [0.05, 0.1) is 38.5 Å². The number of methoxy groups -OCH3 is 2. The molecule has 1 saturated heterocycles. The molecule has 0 unspecified atom stereocenters. The SMILES string of the molecule is COc1ccc(CC(=O)N2CN(c3ccc(N4CCOCC4=O)cc3)C(=O)c3cc(OC)ccc32)cc1. The Morgan fingerprint density at radius 2 is 1.51 bits per heavy atom. The van der Waals surface area contributed by atoms with E-state index in [1.165, 1.54) is 7.11 Å². The standard InChI is InChI=1S/C28H27N3O6/c1-35-22-9-3-19(4-10-22)15-26(32)31-18-30(28(34)24-16-23(36-2)11-12-25(24)31)21-7-5-20(6-8-21)29-13-14-37-17-27(29)33/h3-12,16H,13-15,17-18H2,1-2H3. The van der Waals surface area contributed by atoms with Crippen LogP contribution in [0.1, 0.15) is 15.9 Å². The molecule has 9 heteroatoms. The predicted octanol–water partition coefficient (Wildman–Crippen LogP) is 3.26. The minimum atomic E-state index is -0.238. The van der Waals surface area contributed by atoms with Crippen LogP contribution in [-0.4, -0.2) is 58.4 Å². The lowest BCUT2D eigenvalue weighted by atomic mass is 10.0. The highest BCUT2D eigenvalue weighted by molar-refractivity contribution is 6.15. The summed E-state index contributed by atoms with van der Waals surface area (Å²) in [6.07, 6.45) is 0.162. The monoisotopic (exact) mass is 501 g/mol. The number of carbonyl (C=O) groups excluding carboxylic acids is 3. The fraction of sp³-hybridized carbons (Fsp3) is 0.250. The molecule has 0 saturated carbocycles. The van der Waals surface area contributed by atoms with Crippen molar-refractivity contribution in [2.45, 2.75) is 6.42 Å². The Labute approximate surface area is 214 Å². The van der Waals surface area contributed by atoms with E-state index in [-0.39, 0.29) is 37.4 Å². The normalized spacial score (nSPS) is 15.5. The third-order valence-electron chi connectivity index (χ3n) is 6.53. The topological polar surface area (TPSA) is 88.6 Å². The Kier molecular flexibility index (Phi) is 6.78. The van der Waals surface area contributed by atoms with E-state index in [1.807, 2.05) is 24.3 Å². The average Bonchev–Trinajstić information content (AvgIpc) is 2.94. The molecule has 0 N–H and O–H groups in total. The van der Waals surface area contributed by atoms with Crippen molar-refractivity contribution in [3.8, 4) is 11.5 Å². The van der Waals surface area contributed by atoms with Gasteiger partial charge in [-0.3, -0.25) is 24.2 Å². The Balaban J connectivity index is 1.44. The Hall–Kier alpha value is -4.37. The molecule has 1 fully saturated rings. The Morgan fingerprint density at radius 1 is 0.865 bits per heavy atom. The summed E-state index contributed by atoms with van der Waals surface area (Å²) in [6.45, 7) is 1.06. The molecule has 3 aromatic rings. The summed E-state index contributed by atoms with van der Waals surface area (Å²) in [6, 6.07) is 19.6. The third kappa shape index (κ3) is 4.85. The summed E-state index contributed by atoms with van der Waals surface area (Å²) in [7, 11) is 3.13. The van der Waals surface area contributed by atoms with E-state index in [0.717, 1.165) is 11.3 Å². The molecular formula is C28H27N3O6. The van der Waals surface area contributed by atoms with Crippen LogP contribution in [0.3, 0.4) is 0 Å². The van der Waals surface area contributed by atoms with Gasteiger partial charge in [-0.1, -0.05) is 12.1 Å². The quantitative estimate of drug-likeness (QED) is 0.515. The number of hydrogen-bond acceptors (Lipinski definition) is 6. The molecule has 2 aliphatic heterocycles. The number of hydrogen-bond donors (Lipinski definition) is 0. The molecule has 0 bridgehead atoms. The average molecular weight is 502 g/mol. The fourth-order valence-corrected chi connectivity index (χ4v) is 4.51. The lowest BCUT2D eigenvalue weighted by Gasteiger charge is -2.37. The van der Waals surface area contributed by atoms with Crippen molar-refractivity contribution in [3.63, 3.8) is 0 Å². The molecule has 3 aromatic carbocycles. The van der Waals surface area contributed by atoms with E-state index in [9.17, 15) is 14.4 Å². The number of benzene rings is 3. The molecular weight excluding hydrogens is 474 g/mol. The summed E-state index contributed by atoms with van der Waals surface area (Å²) < 4.78 is 15.8. The molecule has 5 rings (SSSR count). The summed E-state index contributed by atoms with van der Waals surface area (Å²) in [5, 5.41) is 0. The first-order valence-electron chi connectivity index (χ1n) is 11.9. The van der Waals surface area contributed by atoms with Crippen molar-refractivity contribution in [1.82, 2.24) is 0 Å². The van der Waals surface area contributed by atoms with Crippen LogP contribution in [-0.2, 0) is 20.7 Å². The van der Waals surface area contributed by atoms with Crippen LogP contribution in [0.5, 0.6) is 11.5 Å². The maximum Gasteiger partial charge on any atom is 0.262 e. The van der Waals surface area contributed by atoms with Gasteiger partial charge in [-0.15, -0.1) is 0 Å². The van der Waals surface area contributed by atoms with Crippen molar-refractivity contribution in [2.75, 3.05) is 55.3 Å². The van der Waals surface area contributed by atoms with Crippen LogP contribution in [0.15, 0.2) is 66.7 Å². The fourth-order valence-electron chi connectivity index (χ4n) is 4.51. The van der Waals surface area contributed by atoms with Gasteiger partial charge >= 0.3 is 0 Å². The molecule has 37 heavy (non-hydrogen) atoms. The van der Waals surface area contributed by atoms with Crippen molar-refractivity contribution < 1.29 is 28.6 Å². The van der Waals surface area contributed by atoms with E-state index in [4.69, 9.17) is 14.2 Å². The van der Waals surface area contributed by atoms with Crippen molar-refractivity contribution in [2.24, 2.45) is 0 Å². The Bertz CT molecular complexity index is 1320. The van der Waals surface area contributed by atoms with Gasteiger partial charge in [-0.05, 0) is 60.2 Å². The van der Waals surface area contributed by atoms with Crippen molar-refractivity contribution >= 4 is 34.8 Å². The maximum absolute atomic E-state index is 13.6. The predicted molar refractivity (Wildman–Crippen MR) is 138 cm³/mol. The lowest BCUT2D eigenvalue weighted by Crippen LogP contribution is -2.50. The molecule has 0 aliphatic carbocycles. The summed E-state index contributed by atoms with van der Waals surface area (Å²) in [5.74, 6) is 0.745. The van der Waals surface area contributed by atoms with Gasteiger partial charge in [0.2, 0.25) is 5.91 Å². The van der Waals surface area contributed by atoms with Crippen molar-refractivity contribution in [3.05, 3.63) is 77.9 Å². The molecule has 190 valence electrons. The molecule has 0 aromatic heterocycles. The zero-order chi connectivity index (χ0) is 25.9. The van der Waals surface area contributed by atoms with Gasteiger partial charge in [-0.25, -0.2) is 0 Å². The van der Waals surface area contributed by atoms with E-state index < -0.39 is 0 Å². The highest BCUT2D eigenvalue weighted by Crippen LogP contribution is 2.34. The second kappa shape index (κ2) is 10.3. The number of rotatable bonds is 6. The van der Waals surface area contributed by atoms with E-state index in [2.05, 4.69) is 0 Å². The smallest absolute Gasteiger partial charge is 0.262 e. The molecule has 9 nitrogen and oxygen atoms in total. The van der Waals surface area contributed by atoms with Crippen LogP contribution < -0.4 is 24.2 Å². The van der Waals surface area contributed by atoms with Crippen LogP contribution in [0, 0.1) is 0 Å². The van der Waals surface area contributed by atoms with Crippen LogP contribution >= 0.6 is 0 Å². The molecule has 0 atom stereocenters. The van der Waals surface area contributed by atoms with Gasteiger partial charge in [-0.2, -0.15) is 0 Å². The van der Waals surface area contributed by atoms with Gasteiger partial charge < -0.3 is 19.1 Å². The minimum Gasteiger partial charge on any atom is -0.497 e. The first-order chi connectivity index (χ1) is 18.0. The number of carbonyl (C=O) groups is 3. The van der Waals surface area contributed by atoms with Crippen LogP contribution in [0.2, 0.25) is 0 Å². The molecule has 0 spiro atoms. The number of fused-ring (bicyclic) bond motifs is 1. The molecule has 0 radical (unpaired) electrons. The zero-order valence-electron chi connectivity index (χ0n) is 20.7. The largest absolute Gasteiger partial charge is 0.497 e. The van der Waals surface area contributed by atoms with Crippen LogP contribution in [0.4, 0.5) is 17.1 Å². The number of morpholine rings is 1. The number of amides is 3. The van der Waals surface area contributed by atoms with Crippen LogP contribution in [0.25, 0.3) is 0 Å². The number of anilines is 3. The first-order valence-corrected chi connectivity index (χ1v) is 11.9. The Morgan fingerprint density at radius 3 is 2.16 bits per heavy atom. The molecule has 2 aliphatic rings. The second-order valence-electron chi connectivity index (χ2n) is 8.72. The molecule has 3 amide bonds. The highest BCUT2D eigenvalue weighted by atomic mass is 16.5. The lowest BCUT2D eigenvalue weighted by molar-refractivity contribution is -0.125. The van der Waals surface area contributed by atoms with Gasteiger partial charge in [0.15, 0.2) is 0 Å². The zero-order valence-corrected chi connectivity index (χ0v) is 20.7. The molecule has 2 heterocycles. The van der Waals surface area contributed by atoms with Gasteiger partial charge in [0.25, 0.3) is 11.8 Å².